The Hall–Kier alpha value is -6.66. The fourth-order valence-corrected chi connectivity index (χ4v) is 10.9. The number of aliphatic hydroxyl groups is 1. The van der Waals surface area contributed by atoms with Crippen LogP contribution in [0.1, 0.15) is 27.8 Å². The van der Waals surface area contributed by atoms with Crippen molar-refractivity contribution < 1.29 is 43.0 Å². The van der Waals surface area contributed by atoms with Gasteiger partial charge in [0, 0.05) is 19.6 Å². The van der Waals surface area contributed by atoms with Crippen LogP contribution in [0, 0.1) is 0 Å². The number of aliphatic hydroxyl groups excluding tert-OH is 1. The van der Waals surface area contributed by atoms with Crippen molar-refractivity contribution in [2.24, 2.45) is 10.2 Å². The summed E-state index contributed by atoms with van der Waals surface area (Å²) >= 11 is 2.91. The summed E-state index contributed by atoms with van der Waals surface area (Å²) in [6.45, 7) is 2.26. The number of thioether (sulfide) groups is 2. The van der Waals surface area contributed by atoms with E-state index in [-0.39, 0.29) is 19.8 Å². The molecule has 2 heterocycles. The molecule has 4 unspecified atom stereocenters. The van der Waals surface area contributed by atoms with Crippen molar-refractivity contribution in [1.82, 2.24) is 0 Å². The molecule has 17 heteroatoms. The average Bonchev–Trinajstić information content (AvgIpc) is 3.48. The molecule has 2 aliphatic heterocycles. The summed E-state index contributed by atoms with van der Waals surface area (Å²) in [4.78, 5) is 8.12. The highest BCUT2D eigenvalue weighted by Crippen LogP contribution is 2.39. The molecule has 0 aliphatic carbocycles. The third-order valence-corrected chi connectivity index (χ3v) is 14.9. The molecular weight excluding hydrogens is 1010 g/mol. The lowest BCUT2D eigenvalue weighted by Crippen LogP contribution is -2.58. The van der Waals surface area contributed by atoms with Gasteiger partial charge in [0.15, 0.2) is 0 Å². The van der Waals surface area contributed by atoms with Crippen LogP contribution in [0.25, 0.3) is 20.9 Å². The molecule has 9 rings (SSSR count). The standard InChI is InChI=1S/C34H35N3O5S.C26H27N3O4S/c1-38-28-19-17-27(18-20-28)23-41-33-31(36-37-35)34(43-29-15-9-4-10-16-29)42-30(24-39-21-25-11-5-2-6-12-25)32(33)40-22-26-13-7-3-8-14-26;27-29-28-23-24(30)25(32-17-20-12-6-2-7-13-20)22(18-31-16-19-10-4-1-5-11-19)33-26(23)34-21-14-8-3-9-15-21/h2-20,30-34H,21-24H2,1H3;1-15,22-26,30H,16-18H2/t30?,31?,32-,33-,34+;22?,23?,24-,25-,26+/m11/s1. The maximum absolute atomic E-state index is 11.2. The molecule has 0 bridgehead atoms. The van der Waals surface area contributed by atoms with Gasteiger partial charge in [0.25, 0.3) is 0 Å². The zero-order chi connectivity index (χ0) is 53.3. The number of nitrogens with zero attached hydrogens (tertiary/aromatic N) is 6. The van der Waals surface area contributed by atoms with Gasteiger partial charge >= 0.3 is 0 Å². The lowest BCUT2D eigenvalue weighted by atomic mass is 9.97. The van der Waals surface area contributed by atoms with Crippen LogP contribution in [0.3, 0.4) is 0 Å². The second kappa shape index (κ2) is 30.9. The first-order valence-electron chi connectivity index (χ1n) is 25.3. The molecule has 10 atom stereocenters. The predicted octanol–water partition coefficient (Wildman–Crippen LogP) is 12.9. The van der Waals surface area contributed by atoms with Gasteiger partial charge in [0.05, 0.1) is 65.6 Å². The quantitative estimate of drug-likeness (QED) is 0.0344. The Kier molecular flexibility index (Phi) is 22.7. The van der Waals surface area contributed by atoms with Gasteiger partial charge < -0.3 is 43.0 Å². The minimum atomic E-state index is -1.06. The Morgan fingerprint density at radius 2 is 0.792 bits per heavy atom. The zero-order valence-electron chi connectivity index (χ0n) is 42.6. The maximum Gasteiger partial charge on any atom is 0.119 e. The van der Waals surface area contributed by atoms with Gasteiger partial charge in [-0.1, -0.05) is 204 Å². The van der Waals surface area contributed by atoms with E-state index in [2.05, 4.69) is 20.1 Å². The number of ether oxygens (including phenoxy) is 8. The zero-order valence-corrected chi connectivity index (χ0v) is 44.2. The van der Waals surface area contributed by atoms with Gasteiger partial charge in [0.1, 0.15) is 53.1 Å². The van der Waals surface area contributed by atoms with Gasteiger partial charge in [-0.2, -0.15) is 0 Å². The molecule has 0 aromatic heterocycles. The SMILES string of the molecule is COc1ccc(CO[C@@H]2C(N=[N+]=[N-])[C@H](Sc3ccccc3)OC(COCc3ccccc3)[C@H]2OCc2ccccc2)cc1.[N-]=[N+]=NC1[C@@H](O)[C@H](OCc2ccccc2)C(COCc2ccccc2)O[C@H]1Sc1ccccc1. The second-order valence-electron chi connectivity index (χ2n) is 18.0. The largest absolute Gasteiger partial charge is 0.497 e. The van der Waals surface area contributed by atoms with E-state index in [4.69, 9.17) is 43.4 Å². The number of benzene rings is 7. The highest BCUT2D eigenvalue weighted by atomic mass is 32.2. The van der Waals surface area contributed by atoms with E-state index in [1.54, 1.807) is 7.11 Å². The van der Waals surface area contributed by atoms with E-state index in [0.717, 1.165) is 43.4 Å². The van der Waals surface area contributed by atoms with Crippen LogP contribution >= 0.6 is 23.5 Å². The molecule has 7 aromatic carbocycles. The molecule has 15 nitrogen and oxygen atoms in total. The monoisotopic (exact) mass is 1070 g/mol. The van der Waals surface area contributed by atoms with Crippen molar-refractivity contribution in [1.29, 1.82) is 0 Å². The van der Waals surface area contributed by atoms with Crippen LogP contribution in [0.2, 0.25) is 0 Å². The number of hydrogen-bond donors (Lipinski definition) is 1. The van der Waals surface area contributed by atoms with Gasteiger partial charge in [-0.25, -0.2) is 0 Å². The third kappa shape index (κ3) is 17.4. The molecule has 398 valence electrons. The van der Waals surface area contributed by atoms with Crippen LogP contribution in [0.4, 0.5) is 0 Å². The Balaban J connectivity index is 0.000000209. The molecular formula is C60H62N6O9S2. The van der Waals surface area contributed by atoms with Crippen molar-refractivity contribution in [3.63, 3.8) is 0 Å². The number of hydrogen-bond acceptors (Lipinski definition) is 13. The molecule has 7 aromatic rings. The number of azide groups is 2. The third-order valence-electron chi connectivity index (χ3n) is 12.6. The molecule has 0 spiro atoms. The van der Waals surface area contributed by atoms with Crippen LogP contribution in [-0.2, 0) is 66.2 Å². The van der Waals surface area contributed by atoms with Crippen molar-refractivity contribution in [2.75, 3.05) is 20.3 Å². The predicted molar refractivity (Wildman–Crippen MR) is 298 cm³/mol. The average molecular weight is 1080 g/mol. The van der Waals surface area contributed by atoms with Gasteiger partial charge in [-0.15, -0.1) is 0 Å². The van der Waals surface area contributed by atoms with E-state index < -0.39 is 59.6 Å². The molecule has 2 saturated heterocycles. The van der Waals surface area contributed by atoms with Crippen LogP contribution in [-0.4, -0.2) is 85.0 Å². The minimum Gasteiger partial charge on any atom is -0.497 e. The van der Waals surface area contributed by atoms with Crippen molar-refractivity contribution in [3.05, 3.63) is 255 Å². The summed E-state index contributed by atoms with van der Waals surface area (Å²) in [5.41, 5.74) is 22.8. The summed E-state index contributed by atoms with van der Waals surface area (Å²) in [5, 5.41) is 19.3. The van der Waals surface area contributed by atoms with Crippen LogP contribution in [0.15, 0.2) is 226 Å². The van der Waals surface area contributed by atoms with Gasteiger partial charge in [-0.05, 0) is 75.3 Å². The smallest absolute Gasteiger partial charge is 0.119 e. The molecule has 0 saturated carbocycles. The first-order valence-corrected chi connectivity index (χ1v) is 27.0. The van der Waals surface area contributed by atoms with Gasteiger partial charge in [-0.3, -0.25) is 0 Å². The summed E-state index contributed by atoms with van der Waals surface area (Å²) in [5.74, 6) is 0.765. The van der Waals surface area contributed by atoms with E-state index >= 15 is 0 Å². The maximum atomic E-state index is 11.2. The first kappa shape index (κ1) is 56.5. The summed E-state index contributed by atoms with van der Waals surface area (Å²) in [7, 11) is 1.64. The lowest BCUT2D eigenvalue weighted by molar-refractivity contribution is -0.211. The number of rotatable bonds is 24. The molecule has 2 aliphatic rings. The topological polar surface area (TPSA) is 192 Å². The molecule has 77 heavy (non-hydrogen) atoms. The Bertz CT molecular complexity index is 2860. The van der Waals surface area contributed by atoms with Crippen LogP contribution < -0.4 is 4.74 Å². The molecule has 1 N–H and O–H groups in total. The highest BCUT2D eigenvalue weighted by Gasteiger charge is 2.48. The van der Waals surface area contributed by atoms with Crippen molar-refractivity contribution in [3.8, 4) is 5.75 Å². The van der Waals surface area contributed by atoms with Crippen LogP contribution in [0.5, 0.6) is 5.75 Å². The Morgan fingerprint density at radius 1 is 0.442 bits per heavy atom. The molecule has 2 fully saturated rings. The van der Waals surface area contributed by atoms with Crippen molar-refractivity contribution >= 4 is 23.5 Å². The molecule has 0 amide bonds. The van der Waals surface area contributed by atoms with E-state index in [9.17, 15) is 10.6 Å². The highest BCUT2D eigenvalue weighted by molar-refractivity contribution is 8.00. The van der Waals surface area contributed by atoms with E-state index in [1.165, 1.54) is 23.5 Å². The van der Waals surface area contributed by atoms with Crippen molar-refractivity contribution in [2.45, 2.75) is 102 Å². The summed E-state index contributed by atoms with van der Waals surface area (Å²) in [6, 6.07) is 65.3. The normalized spacial score (nSPS) is 22.8. The second-order valence-corrected chi connectivity index (χ2v) is 20.3. The molecule has 0 radical (unpaired) electrons. The Labute approximate surface area is 458 Å². The Morgan fingerprint density at radius 3 is 1.22 bits per heavy atom. The van der Waals surface area contributed by atoms with Gasteiger partial charge in [0.2, 0.25) is 0 Å². The summed E-state index contributed by atoms with van der Waals surface area (Å²) in [6.07, 6.45) is -3.99. The fraction of sp³-hybridized carbons (Fsp3) is 0.300. The summed E-state index contributed by atoms with van der Waals surface area (Å²) < 4.78 is 49.7. The fourth-order valence-electron chi connectivity index (χ4n) is 8.67. The minimum absolute atomic E-state index is 0.222. The van der Waals surface area contributed by atoms with E-state index in [0.29, 0.717) is 26.4 Å². The number of methoxy groups -OCH3 is 1. The van der Waals surface area contributed by atoms with E-state index in [1.807, 2.05) is 206 Å². The first-order chi connectivity index (χ1) is 38.0. The lowest BCUT2D eigenvalue weighted by Gasteiger charge is -2.44.